The summed E-state index contributed by atoms with van der Waals surface area (Å²) in [5.74, 6) is -2.62. The van der Waals surface area contributed by atoms with Crippen molar-refractivity contribution < 1.29 is 24.2 Å². The van der Waals surface area contributed by atoms with Gasteiger partial charge in [0.05, 0.1) is 11.6 Å². The largest absolute Gasteiger partial charge is 0.480 e. The molecule has 0 saturated heterocycles. The van der Waals surface area contributed by atoms with Crippen LogP contribution in [0.2, 0.25) is 0 Å². The second-order valence-electron chi connectivity index (χ2n) is 6.10. The van der Waals surface area contributed by atoms with Crippen molar-refractivity contribution in [2.75, 3.05) is 0 Å². The fourth-order valence-electron chi connectivity index (χ4n) is 2.48. The summed E-state index contributed by atoms with van der Waals surface area (Å²) in [7, 11) is 0. The zero-order chi connectivity index (χ0) is 19.8. The molecule has 0 aliphatic rings. The van der Waals surface area contributed by atoms with Gasteiger partial charge in [0.1, 0.15) is 6.10 Å². The summed E-state index contributed by atoms with van der Waals surface area (Å²) in [5, 5.41) is 11.8. The first-order valence-corrected chi connectivity index (χ1v) is 8.47. The van der Waals surface area contributed by atoms with Crippen LogP contribution in [0.1, 0.15) is 22.8 Å². The van der Waals surface area contributed by atoms with Gasteiger partial charge in [0, 0.05) is 0 Å². The minimum atomic E-state index is -1.41. The second-order valence-corrected chi connectivity index (χ2v) is 6.10. The van der Waals surface area contributed by atoms with Crippen LogP contribution in [0.25, 0.3) is 0 Å². The number of carbonyl (C=O) groups excluding carboxylic acids is 2. The van der Waals surface area contributed by atoms with Crippen molar-refractivity contribution in [1.29, 1.82) is 0 Å². The summed E-state index contributed by atoms with van der Waals surface area (Å²) < 4.78 is 5.18. The minimum Gasteiger partial charge on any atom is -0.480 e. The number of aliphatic carboxylic acids is 1. The van der Waals surface area contributed by atoms with Gasteiger partial charge in [-0.05, 0) is 31.0 Å². The van der Waals surface area contributed by atoms with E-state index in [0.29, 0.717) is 5.56 Å². The Morgan fingerprint density at radius 2 is 1.59 bits per heavy atom. The standard InChI is InChI=1S/C20H22N2O5/c1-13(27-20(26)15-10-6-3-7-11-15)17(19(24)25)22-18(23)16(21)12-14-8-4-2-5-9-14/h2-11,13,16-17H,12,21H2,1H3,(H,22,23)(H,24,25). The van der Waals surface area contributed by atoms with Gasteiger partial charge in [-0.15, -0.1) is 0 Å². The molecule has 7 nitrogen and oxygen atoms in total. The first-order valence-electron chi connectivity index (χ1n) is 8.47. The molecule has 2 rings (SSSR count). The number of nitrogens with two attached hydrogens (primary N) is 1. The van der Waals surface area contributed by atoms with Crippen LogP contribution in [0.15, 0.2) is 60.7 Å². The van der Waals surface area contributed by atoms with Crippen molar-refractivity contribution in [3.63, 3.8) is 0 Å². The number of rotatable bonds is 8. The number of hydrogen-bond acceptors (Lipinski definition) is 5. The van der Waals surface area contributed by atoms with Gasteiger partial charge in [-0.2, -0.15) is 0 Å². The lowest BCUT2D eigenvalue weighted by Crippen LogP contribution is -2.54. The molecular weight excluding hydrogens is 348 g/mol. The van der Waals surface area contributed by atoms with Crippen LogP contribution in [0.4, 0.5) is 0 Å². The molecule has 0 aromatic heterocycles. The number of amides is 1. The van der Waals surface area contributed by atoms with Crippen LogP contribution in [-0.4, -0.2) is 41.1 Å². The molecule has 0 saturated carbocycles. The van der Waals surface area contributed by atoms with Crippen LogP contribution in [-0.2, 0) is 20.7 Å². The molecule has 0 bridgehead atoms. The molecule has 3 unspecified atom stereocenters. The molecule has 1 amide bonds. The Hall–Kier alpha value is -3.19. The summed E-state index contributed by atoms with van der Waals surface area (Å²) in [6.45, 7) is 1.41. The average Bonchev–Trinajstić information content (AvgIpc) is 2.66. The third-order valence-electron chi connectivity index (χ3n) is 3.97. The lowest BCUT2D eigenvalue weighted by Gasteiger charge is -2.23. The zero-order valence-corrected chi connectivity index (χ0v) is 14.9. The average molecular weight is 370 g/mol. The number of nitrogens with one attached hydrogen (secondary N) is 1. The molecule has 0 spiro atoms. The molecule has 2 aromatic carbocycles. The third-order valence-corrected chi connectivity index (χ3v) is 3.97. The van der Waals surface area contributed by atoms with Crippen molar-refractivity contribution in [3.8, 4) is 0 Å². The van der Waals surface area contributed by atoms with Crippen molar-refractivity contribution in [2.45, 2.75) is 31.5 Å². The summed E-state index contributed by atoms with van der Waals surface area (Å²) in [4.78, 5) is 35.9. The molecule has 0 radical (unpaired) electrons. The number of hydrogen-bond donors (Lipinski definition) is 3. The number of carboxylic acid groups (broad SMARTS) is 1. The summed E-state index contributed by atoms with van der Waals surface area (Å²) in [6.07, 6.45) is -0.819. The van der Waals surface area contributed by atoms with E-state index in [9.17, 15) is 19.5 Å². The van der Waals surface area contributed by atoms with E-state index in [1.54, 1.807) is 30.3 Å². The highest BCUT2D eigenvalue weighted by Gasteiger charge is 2.31. The number of carbonyl (C=O) groups is 3. The fourth-order valence-corrected chi connectivity index (χ4v) is 2.48. The highest BCUT2D eigenvalue weighted by Crippen LogP contribution is 2.08. The smallest absolute Gasteiger partial charge is 0.338 e. The molecule has 0 heterocycles. The van der Waals surface area contributed by atoms with Gasteiger partial charge in [-0.3, -0.25) is 4.79 Å². The SMILES string of the molecule is CC(OC(=O)c1ccccc1)C(NC(=O)C(N)Cc1ccccc1)C(=O)O. The van der Waals surface area contributed by atoms with Gasteiger partial charge < -0.3 is 20.9 Å². The van der Waals surface area contributed by atoms with E-state index in [4.69, 9.17) is 10.5 Å². The quantitative estimate of drug-likeness (QED) is 0.604. The number of benzene rings is 2. The van der Waals surface area contributed by atoms with Crippen molar-refractivity contribution in [1.82, 2.24) is 5.32 Å². The molecule has 7 heteroatoms. The van der Waals surface area contributed by atoms with Gasteiger partial charge >= 0.3 is 11.9 Å². The van der Waals surface area contributed by atoms with Crippen LogP contribution in [0.3, 0.4) is 0 Å². The predicted molar refractivity (Wildman–Crippen MR) is 99.0 cm³/mol. The Balaban J connectivity index is 1.98. The maximum Gasteiger partial charge on any atom is 0.338 e. The maximum absolute atomic E-state index is 12.3. The Labute approximate surface area is 157 Å². The molecule has 3 atom stereocenters. The summed E-state index contributed by atoms with van der Waals surface area (Å²) >= 11 is 0. The van der Waals surface area contributed by atoms with E-state index < -0.39 is 36.0 Å². The molecule has 0 fully saturated rings. The van der Waals surface area contributed by atoms with Crippen molar-refractivity contribution in [3.05, 3.63) is 71.8 Å². The van der Waals surface area contributed by atoms with Crippen molar-refractivity contribution in [2.24, 2.45) is 5.73 Å². The maximum atomic E-state index is 12.3. The Morgan fingerprint density at radius 1 is 1.04 bits per heavy atom. The lowest BCUT2D eigenvalue weighted by molar-refractivity contribution is -0.145. The van der Waals surface area contributed by atoms with Crippen LogP contribution < -0.4 is 11.1 Å². The second kappa shape index (κ2) is 9.49. The highest BCUT2D eigenvalue weighted by atomic mass is 16.5. The fraction of sp³-hybridized carbons (Fsp3) is 0.250. The number of carboxylic acids is 1. The zero-order valence-electron chi connectivity index (χ0n) is 14.9. The summed E-state index contributed by atoms with van der Waals surface area (Å²) in [5.41, 5.74) is 7.03. The molecule has 27 heavy (non-hydrogen) atoms. The van der Waals surface area contributed by atoms with Gasteiger partial charge in [-0.25, -0.2) is 9.59 Å². The Morgan fingerprint density at radius 3 is 2.15 bits per heavy atom. The topological polar surface area (TPSA) is 119 Å². The Bertz CT molecular complexity index is 779. The van der Waals surface area contributed by atoms with E-state index >= 15 is 0 Å². The lowest BCUT2D eigenvalue weighted by atomic mass is 10.1. The van der Waals surface area contributed by atoms with Gasteiger partial charge in [0.25, 0.3) is 0 Å². The van der Waals surface area contributed by atoms with Gasteiger partial charge in [0.15, 0.2) is 6.04 Å². The van der Waals surface area contributed by atoms with E-state index in [0.717, 1.165) is 5.56 Å². The van der Waals surface area contributed by atoms with Gasteiger partial charge in [0.2, 0.25) is 5.91 Å². The molecule has 2 aromatic rings. The molecule has 0 aliphatic carbocycles. The van der Waals surface area contributed by atoms with Crippen LogP contribution >= 0.6 is 0 Å². The first kappa shape index (κ1) is 20.1. The number of esters is 1. The van der Waals surface area contributed by atoms with E-state index in [1.165, 1.54) is 6.92 Å². The van der Waals surface area contributed by atoms with E-state index in [2.05, 4.69) is 5.32 Å². The summed E-state index contributed by atoms with van der Waals surface area (Å²) in [6, 6.07) is 15.0. The third kappa shape index (κ3) is 5.93. The molecule has 142 valence electrons. The van der Waals surface area contributed by atoms with Crippen LogP contribution in [0, 0.1) is 0 Å². The van der Waals surface area contributed by atoms with E-state index in [-0.39, 0.29) is 6.42 Å². The van der Waals surface area contributed by atoms with Crippen molar-refractivity contribution >= 4 is 17.8 Å². The molecule has 4 N–H and O–H groups in total. The molecule has 0 aliphatic heterocycles. The number of ether oxygens (including phenoxy) is 1. The monoisotopic (exact) mass is 370 g/mol. The Kier molecular flexibility index (Phi) is 7.08. The minimum absolute atomic E-state index is 0.261. The highest BCUT2D eigenvalue weighted by molar-refractivity contribution is 5.90. The molecular formula is C20H22N2O5. The van der Waals surface area contributed by atoms with E-state index in [1.807, 2.05) is 30.3 Å². The van der Waals surface area contributed by atoms with Crippen LogP contribution in [0.5, 0.6) is 0 Å². The normalized spacial score (nSPS) is 13.9. The first-order chi connectivity index (χ1) is 12.9. The van der Waals surface area contributed by atoms with Gasteiger partial charge in [-0.1, -0.05) is 48.5 Å². The predicted octanol–water partition coefficient (Wildman–Crippen LogP) is 1.37.